The first-order valence-corrected chi connectivity index (χ1v) is 7.02. The Morgan fingerprint density at radius 3 is 2.62 bits per heavy atom. The Labute approximate surface area is 124 Å². The topological polar surface area (TPSA) is 107 Å². The molecule has 0 fully saturated rings. The van der Waals surface area contributed by atoms with E-state index in [0.29, 0.717) is 19.5 Å². The quantitative estimate of drug-likeness (QED) is 0.586. The Bertz CT molecular complexity index is 482. The number of hydrogen-bond donors (Lipinski definition) is 4. The second kappa shape index (κ2) is 7.66. The van der Waals surface area contributed by atoms with Crippen LogP contribution in [-0.4, -0.2) is 33.8 Å². The van der Waals surface area contributed by atoms with Gasteiger partial charge in [0.25, 0.3) is 0 Å². The molecule has 0 unspecified atom stereocenters. The van der Waals surface area contributed by atoms with Gasteiger partial charge in [-0.05, 0) is 25.2 Å². The Hall–Kier alpha value is -2.05. The molecule has 118 valence electrons. The number of aryl methyl sites for hydroxylation is 1. The van der Waals surface area contributed by atoms with Gasteiger partial charge in [0.15, 0.2) is 0 Å². The first kappa shape index (κ1) is 17.0. The third-order valence-electron chi connectivity index (χ3n) is 3.48. The van der Waals surface area contributed by atoms with Crippen molar-refractivity contribution in [2.75, 3.05) is 6.54 Å². The predicted octanol–water partition coefficient (Wildman–Crippen LogP) is 1.80. The van der Waals surface area contributed by atoms with Crippen molar-refractivity contribution in [3.05, 3.63) is 17.5 Å². The molecule has 0 aliphatic rings. The molecule has 0 aromatic carbocycles. The lowest BCUT2D eigenvalue weighted by molar-refractivity contribution is -0.137. The van der Waals surface area contributed by atoms with Crippen molar-refractivity contribution >= 4 is 12.0 Å². The standard InChI is InChI=1S/C14H24N4O3/c1-10-11(9-17-18-10)8-16-13(21)15-7-6-14(2,3)5-4-12(19)20/h9H,4-8H2,1-3H3,(H,17,18)(H,19,20)(H2,15,16,21). The average Bonchev–Trinajstić information content (AvgIpc) is 2.79. The van der Waals surface area contributed by atoms with Crippen LogP contribution in [0.25, 0.3) is 0 Å². The van der Waals surface area contributed by atoms with E-state index < -0.39 is 5.97 Å². The van der Waals surface area contributed by atoms with Gasteiger partial charge in [-0.1, -0.05) is 13.8 Å². The number of amides is 2. The minimum absolute atomic E-state index is 0.104. The maximum Gasteiger partial charge on any atom is 0.315 e. The van der Waals surface area contributed by atoms with E-state index in [9.17, 15) is 9.59 Å². The molecule has 7 heteroatoms. The van der Waals surface area contributed by atoms with Gasteiger partial charge >= 0.3 is 12.0 Å². The van der Waals surface area contributed by atoms with Crippen molar-refractivity contribution in [3.63, 3.8) is 0 Å². The van der Waals surface area contributed by atoms with Crippen LogP contribution in [0.1, 0.15) is 44.4 Å². The van der Waals surface area contributed by atoms with Crippen molar-refractivity contribution in [2.45, 2.75) is 46.6 Å². The molecule has 21 heavy (non-hydrogen) atoms. The van der Waals surface area contributed by atoms with E-state index >= 15 is 0 Å². The van der Waals surface area contributed by atoms with Gasteiger partial charge in [0.2, 0.25) is 0 Å². The summed E-state index contributed by atoms with van der Waals surface area (Å²) in [4.78, 5) is 22.2. The summed E-state index contributed by atoms with van der Waals surface area (Å²) in [6.45, 7) is 6.85. The molecule has 0 saturated carbocycles. The van der Waals surface area contributed by atoms with Crippen LogP contribution in [0.5, 0.6) is 0 Å². The number of aliphatic carboxylic acids is 1. The molecule has 0 saturated heterocycles. The number of carboxylic acid groups (broad SMARTS) is 1. The summed E-state index contributed by atoms with van der Waals surface area (Å²) in [5, 5.41) is 20.9. The van der Waals surface area contributed by atoms with Gasteiger partial charge in [-0.15, -0.1) is 0 Å². The van der Waals surface area contributed by atoms with Crippen LogP contribution in [0.15, 0.2) is 6.20 Å². The molecule has 0 bridgehead atoms. The van der Waals surface area contributed by atoms with E-state index in [2.05, 4.69) is 20.8 Å². The molecule has 4 N–H and O–H groups in total. The maximum atomic E-state index is 11.7. The van der Waals surface area contributed by atoms with E-state index in [4.69, 9.17) is 5.11 Å². The summed E-state index contributed by atoms with van der Waals surface area (Å²) >= 11 is 0. The summed E-state index contributed by atoms with van der Waals surface area (Å²) in [5.74, 6) is -0.788. The van der Waals surface area contributed by atoms with Gasteiger partial charge in [0.05, 0.1) is 6.20 Å². The second-order valence-corrected chi connectivity index (χ2v) is 5.94. The highest BCUT2D eigenvalue weighted by molar-refractivity contribution is 5.73. The molecule has 1 heterocycles. The van der Waals surface area contributed by atoms with Crippen molar-refractivity contribution in [1.29, 1.82) is 0 Å². The van der Waals surface area contributed by atoms with Crippen LogP contribution < -0.4 is 10.6 Å². The van der Waals surface area contributed by atoms with Crippen LogP contribution in [0.4, 0.5) is 4.79 Å². The lowest BCUT2D eigenvalue weighted by atomic mass is 9.84. The minimum Gasteiger partial charge on any atom is -0.481 e. The molecule has 0 atom stereocenters. The van der Waals surface area contributed by atoms with Crippen molar-refractivity contribution < 1.29 is 14.7 Å². The number of aromatic nitrogens is 2. The van der Waals surface area contributed by atoms with Crippen molar-refractivity contribution in [1.82, 2.24) is 20.8 Å². The van der Waals surface area contributed by atoms with E-state index in [1.165, 1.54) is 0 Å². The number of nitrogens with zero attached hydrogens (tertiary/aromatic N) is 1. The molecule has 0 aliphatic carbocycles. The Morgan fingerprint density at radius 2 is 2.05 bits per heavy atom. The fourth-order valence-corrected chi connectivity index (χ4v) is 1.88. The molecule has 2 amide bonds. The lowest BCUT2D eigenvalue weighted by Gasteiger charge is -2.23. The number of nitrogens with one attached hydrogen (secondary N) is 3. The molecule has 1 aromatic rings. The fourth-order valence-electron chi connectivity index (χ4n) is 1.88. The van der Waals surface area contributed by atoms with Crippen LogP contribution >= 0.6 is 0 Å². The maximum absolute atomic E-state index is 11.7. The highest BCUT2D eigenvalue weighted by Crippen LogP contribution is 2.25. The second-order valence-electron chi connectivity index (χ2n) is 5.94. The lowest BCUT2D eigenvalue weighted by Crippen LogP contribution is -2.37. The number of hydrogen-bond acceptors (Lipinski definition) is 3. The summed E-state index contributed by atoms with van der Waals surface area (Å²) in [6.07, 6.45) is 3.17. The van der Waals surface area contributed by atoms with Crippen LogP contribution in [-0.2, 0) is 11.3 Å². The number of H-pyrrole nitrogens is 1. The number of rotatable bonds is 8. The smallest absolute Gasteiger partial charge is 0.315 e. The van der Waals surface area contributed by atoms with Gasteiger partial charge in [-0.25, -0.2) is 4.79 Å². The van der Waals surface area contributed by atoms with E-state index in [1.54, 1.807) is 6.20 Å². The largest absolute Gasteiger partial charge is 0.481 e. The highest BCUT2D eigenvalue weighted by atomic mass is 16.4. The monoisotopic (exact) mass is 296 g/mol. The number of urea groups is 1. The highest BCUT2D eigenvalue weighted by Gasteiger charge is 2.19. The van der Waals surface area contributed by atoms with Gasteiger partial charge in [0.1, 0.15) is 0 Å². The molecule has 1 rings (SSSR count). The third-order valence-corrected chi connectivity index (χ3v) is 3.48. The molecule has 0 radical (unpaired) electrons. The Balaban J connectivity index is 2.21. The minimum atomic E-state index is -0.788. The van der Waals surface area contributed by atoms with E-state index in [-0.39, 0.29) is 17.9 Å². The number of aromatic amines is 1. The van der Waals surface area contributed by atoms with Crippen molar-refractivity contribution in [2.24, 2.45) is 5.41 Å². The number of carbonyl (C=O) groups excluding carboxylic acids is 1. The molecular formula is C14H24N4O3. The summed E-state index contributed by atoms with van der Waals surface area (Å²) in [7, 11) is 0. The molecule has 0 spiro atoms. The first-order valence-electron chi connectivity index (χ1n) is 7.02. The van der Waals surface area contributed by atoms with Gasteiger partial charge in [-0.3, -0.25) is 9.89 Å². The van der Waals surface area contributed by atoms with Crippen LogP contribution in [0, 0.1) is 12.3 Å². The molecule has 0 aliphatic heterocycles. The summed E-state index contributed by atoms with van der Waals surface area (Å²) in [6, 6.07) is -0.232. The average molecular weight is 296 g/mol. The summed E-state index contributed by atoms with van der Waals surface area (Å²) in [5.41, 5.74) is 1.78. The first-order chi connectivity index (χ1) is 9.80. The van der Waals surface area contributed by atoms with Gasteiger partial charge in [0, 0.05) is 30.8 Å². The third kappa shape index (κ3) is 6.78. The van der Waals surface area contributed by atoms with E-state index in [1.807, 2.05) is 20.8 Å². The molecular weight excluding hydrogens is 272 g/mol. The Morgan fingerprint density at radius 1 is 1.33 bits per heavy atom. The predicted molar refractivity (Wildman–Crippen MR) is 78.8 cm³/mol. The van der Waals surface area contributed by atoms with Gasteiger partial charge < -0.3 is 15.7 Å². The number of carboxylic acids is 1. The zero-order valence-corrected chi connectivity index (χ0v) is 12.8. The van der Waals surface area contributed by atoms with Crippen LogP contribution in [0.3, 0.4) is 0 Å². The summed E-state index contributed by atoms with van der Waals surface area (Å²) < 4.78 is 0. The van der Waals surface area contributed by atoms with Crippen LogP contribution in [0.2, 0.25) is 0 Å². The zero-order valence-electron chi connectivity index (χ0n) is 12.8. The van der Waals surface area contributed by atoms with Gasteiger partial charge in [-0.2, -0.15) is 5.10 Å². The molecule has 1 aromatic heterocycles. The van der Waals surface area contributed by atoms with E-state index in [0.717, 1.165) is 17.7 Å². The normalized spacial score (nSPS) is 11.2. The fraction of sp³-hybridized carbons (Fsp3) is 0.643. The zero-order chi connectivity index (χ0) is 15.9. The van der Waals surface area contributed by atoms with Crippen molar-refractivity contribution in [3.8, 4) is 0 Å². The number of carbonyl (C=O) groups is 2. The SMILES string of the molecule is Cc1[nH]ncc1CNC(=O)NCCC(C)(C)CCC(=O)O. The Kier molecular flexibility index (Phi) is 6.20. The molecule has 7 nitrogen and oxygen atoms in total.